The summed E-state index contributed by atoms with van der Waals surface area (Å²) in [6, 6.07) is 19.9. The van der Waals surface area contributed by atoms with Gasteiger partial charge >= 0.3 is 5.97 Å². The van der Waals surface area contributed by atoms with Gasteiger partial charge in [-0.15, -0.1) is 22.7 Å². The number of aromatic nitrogens is 2. The van der Waals surface area contributed by atoms with Crippen molar-refractivity contribution in [3.8, 4) is 21.8 Å². The van der Waals surface area contributed by atoms with E-state index in [0.717, 1.165) is 10.2 Å². The van der Waals surface area contributed by atoms with E-state index in [1.807, 2.05) is 36.4 Å². The first-order chi connectivity index (χ1) is 17.4. The number of amides is 1. The van der Waals surface area contributed by atoms with Crippen LogP contribution < -0.4 is 5.32 Å². The maximum Gasteiger partial charge on any atom is 0.339 e. The third-order valence-corrected chi connectivity index (χ3v) is 7.64. The number of ether oxygens (including phenoxy) is 1. The number of benzene rings is 3. The molecule has 5 rings (SSSR count). The number of esters is 1. The number of nitrogens with zero attached hydrogens (tertiary/aromatic N) is 2. The quantitative estimate of drug-likeness (QED) is 0.219. The molecule has 5 aromatic rings. The molecule has 0 spiro atoms. The minimum atomic E-state index is -1.05. The molecule has 1 unspecified atom stereocenters. The summed E-state index contributed by atoms with van der Waals surface area (Å²) < 4.78 is 6.52. The highest BCUT2D eigenvalue weighted by Gasteiger charge is 2.23. The third-order valence-electron chi connectivity index (χ3n) is 5.27. The monoisotopic (exact) mass is 553 g/mol. The lowest BCUT2D eigenvalue weighted by atomic mass is 10.1. The Labute approximate surface area is 224 Å². The highest BCUT2D eigenvalue weighted by atomic mass is 35.5. The van der Waals surface area contributed by atoms with Gasteiger partial charge in [0.2, 0.25) is 0 Å². The minimum absolute atomic E-state index is 0.338. The maximum atomic E-state index is 13.0. The van der Waals surface area contributed by atoms with Crippen LogP contribution in [-0.2, 0) is 9.53 Å². The molecule has 1 amide bonds. The van der Waals surface area contributed by atoms with E-state index in [9.17, 15) is 9.59 Å². The molecular formula is C26H17Cl2N3O3S2. The van der Waals surface area contributed by atoms with Crippen molar-refractivity contribution in [2.24, 2.45) is 0 Å². The molecular weight excluding hydrogens is 537 g/mol. The molecule has 36 heavy (non-hydrogen) atoms. The fourth-order valence-electron chi connectivity index (χ4n) is 3.47. The number of para-hydroxylation sites is 1. The Bertz CT molecular complexity index is 1570. The summed E-state index contributed by atoms with van der Waals surface area (Å²) in [5.41, 5.74) is 3.15. The Morgan fingerprint density at radius 3 is 2.56 bits per heavy atom. The van der Waals surface area contributed by atoms with Crippen molar-refractivity contribution in [3.05, 3.63) is 87.7 Å². The second kappa shape index (κ2) is 10.4. The number of carbonyl (C=O) groups is 2. The van der Waals surface area contributed by atoms with Crippen molar-refractivity contribution in [2.75, 3.05) is 5.32 Å². The van der Waals surface area contributed by atoms with Crippen LogP contribution in [-0.4, -0.2) is 27.9 Å². The lowest BCUT2D eigenvalue weighted by Gasteiger charge is -2.13. The summed E-state index contributed by atoms with van der Waals surface area (Å²) in [4.78, 5) is 34.8. The molecule has 10 heteroatoms. The van der Waals surface area contributed by atoms with Crippen LogP contribution in [0.15, 0.2) is 72.1 Å². The largest absolute Gasteiger partial charge is 0.449 e. The van der Waals surface area contributed by atoms with E-state index >= 15 is 0 Å². The van der Waals surface area contributed by atoms with Crippen molar-refractivity contribution in [1.29, 1.82) is 0 Å². The Morgan fingerprint density at radius 1 is 0.972 bits per heavy atom. The fourth-order valence-corrected chi connectivity index (χ4v) is 5.70. The van der Waals surface area contributed by atoms with Crippen molar-refractivity contribution in [3.63, 3.8) is 0 Å². The van der Waals surface area contributed by atoms with Crippen LogP contribution in [0, 0.1) is 0 Å². The standard InChI is InChI=1S/C26H17Cl2N3O3S2/c1-14(23(32)31-26-30-21(13-35-26)18-11-10-15(27)12-19(18)28)34-25(33)17-7-3-2-6-16(17)24-29-20-8-4-5-9-22(20)36-24/h2-14H,1H3,(H,30,31,32). The van der Waals surface area contributed by atoms with E-state index in [4.69, 9.17) is 27.9 Å². The zero-order valence-electron chi connectivity index (χ0n) is 18.7. The fraction of sp³-hybridized carbons (Fsp3) is 0.0769. The summed E-state index contributed by atoms with van der Waals surface area (Å²) in [5, 5.41) is 6.51. The van der Waals surface area contributed by atoms with Gasteiger partial charge in [0.05, 0.1) is 26.5 Å². The van der Waals surface area contributed by atoms with Crippen LogP contribution in [0.1, 0.15) is 17.3 Å². The van der Waals surface area contributed by atoms with Gasteiger partial charge in [0.15, 0.2) is 11.2 Å². The molecule has 0 fully saturated rings. The molecule has 1 N–H and O–H groups in total. The summed E-state index contributed by atoms with van der Waals surface area (Å²) in [6.07, 6.45) is -1.05. The zero-order valence-corrected chi connectivity index (χ0v) is 21.8. The Kier molecular flexibility index (Phi) is 7.02. The minimum Gasteiger partial charge on any atom is -0.449 e. The molecule has 0 saturated carbocycles. The van der Waals surface area contributed by atoms with E-state index in [1.54, 1.807) is 35.7 Å². The van der Waals surface area contributed by atoms with Crippen LogP contribution in [0.3, 0.4) is 0 Å². The number of thiazole rings is 2. The number of nitrogens with one attached hydrogen (secondary N) is 1. The van der Waals surface area contributed by atoms with Gasteiger partial charge in [0.25, 0.3) is 5.91 Å². The molecule has 1 atom stereocenters. The van der Waals surface area contributed by atoms with Gasteiger partial charge in [0.1, 0.15) is 5.01 Å². The van der Waals surface area contributed by atoms with Crippen LogP contribution >= 0.6 is 45.9 Å². The molecule has 180 valence electrons. The first-order valence-electron chi connectivity index (χ1n) is 10.8. The van der Waals surface area contributed by atoms with Crippen molar-refractivity contribution in [2.45, 2.75) is 13.0 Å². The Hall–Kier alpha value is -3.30. The molecule has 6 nitrogen and oxygen atoms in total. The van der Waals surface area contributed by atoms with E-state index in [0.29, 0.717) is 42.6 Å². The number of fused-ring (bicyclic) bond motifs is 1. The molecule has 0 saturated heterocycles. The van der Waals surface area contributed by atoms with Crippen LogP contribution in [0.5, 0.6) is 0 Å². The molecule has 2 aromatic heterocycles. The number of anilines is 1. The summed E-state index contributed by atoms with van der Waals surface area (Å²) in [7, 11) is 0. The average Bonchev–Trinajstić information content (AvgIpc) is 3.51. The van der Waals surface area contributed by atoms with Gasteiger partial charge in [-0.2, -0.15) is 0 Å². The molecule has 0 bridgehead atoms. The maximum absolute atomic E-state index is 13.0. The average molecular weight is 554 g/mol. The van der Waals surface area contributed by atoms with E-state index < -0.39 is 18.0 Å². The predicted octanol–water partition coefficient (Wildman–Crippen LogP) is 7.58. The van der Waals surface area contributed by atoms with Gasteiger partial charge < -0.3 is 4.74 Å². The van der Waals surface area contributed by atoms with Gasteiger partial charge in [-0.3, -0.25) is 10.1 Å². The normalized spacial score (nSPS) is 11.9. The highest BCUT2D eigenvalue weighted by molar-refractivity contribution is 7.21. The second-order valence-corrected chi connectivity index (χ2v) is 10.5. The lowest BCUT2D eigenvalue weighted by Crippen LogP contribution is -2.30. The topological polar surface area (TPSA) is 81.2 Å². The van der Waals surface area contributed by atoms with Crippen LogP contribution in [0.2, 0.25) is 10.0 Å². The Morgan fingerprint density at radius 2 is 1.75 bits per heavy atom. The number of hydrogen-bond donors (Lipinski definition) is 1. The zero-order chi connectivity index (χ0) is 25.2. The summed E-state index contributed by atoms with van der Waals surface area (Å²) in [5.74, 6) is -1.11. The predicted molar refractivity (Wildman–Crippen MR) is 146 cm³/mol. The molecule has 0 aliphatic carbocycles. The summed E-state index contributed by atoms with van der Waals surface area (Å²) in [6.45, 7) is 1.51. The molecule has 0 radical (unpaired) electrons. The molecule has 0 aliphatic rings. The van der Waals surface area contributed by atoms with Crippen LogP contribution in [0.4, 0.5) is 5.13 Å². The smallest absolute Gasteiger partial charge is 0.339 e. The number of halogens is 2. The first-order valence-corrected chi connectivity index (χ1v) is 13.2. The third kappa shape index (κ3) is 5.12. The van der Waals surface area contributed by atoms with Gasteiger partial charge in [-0.25, -0.2) is 14.8 Å². The second-order valence-electron chi connectivity index (χ2n) is 7.73. The highest BCUT2D eigenvalue weighted by Crippen LogP contribution is 2.34. The van der Waals surface area contributed by atoms with E-state index in [-0.39, 0.29) is 0 Å². The Balaban J connectivity index is 1.29. The van der Waals surface area contributed by atoms with Crippen molar-refractivity contribution < 1.29 is 14.3 Å². The van der Waals surface area contributed by atoms with Gasteiger partial charge in [0, 0.05) is 21.5 Å². The summed E-state index contributed by atoms with van der Waals surface area (Å²) >= 11 is 14.9. The van der Waals surface area contributed by atoms with E-state index in [2.05, 4.69) is 15.3 Å². The first kappa shape index (κ1) is 24.4. The molecule has 3 aromatic carbocycles. The van der Waals surface area contributed by atoms with Gasteiger partial charge in [-0.1, -0.05) is 53.5 Å². The molecule has 0 aliphatic heterocycles. The molecule has 2 heterocycles. The van der Waals surface area contributed by atoms with Gasteiger partial charge in [-0.05, 0) is 43.3 Å². The number of carbonyl (C=O) groups excluding carboxylic acids is 2. The van der Waals surface area contributed by atoms with Crippen LogP contribution in [0.25, 0.3) is 32.0 Å². The SMILES string of the molecule is CC(OC(=O)c1ccccc1-c1nc2ccccc2s1)C(=O)Nc1nc(-c2ccc(Cl)cc2Cl)cs1. The number of rotatable bonds is 6. The lowest BCUT2D eigenvalue weighted by molar-refractivity contribution is -0.123. The van der Waals surface area contributed by atoms with E-state index in [1.165, 1.54) is 29.6 Å². The van der Waals surface area contributed by atoms with Crippen molar-refractivity contribution in [1.82, 2.24) is 9.97 Å². The number of hydrogen-bond acceptors (Lipinski definition) is 7. The van der Waals surface area contributed by atoms with Crippen molar-refractivity contribution >= 4 is 73.1 Å².